The number of nitrogens with one attached hydrogen (secondary N) is 1. The Hall–Kier alpha value is -2.03. The Kier molecular flexibility index (Phi) is 2.54. The molecule has 0 aliphatic rings. The molecule has 1 aromatic heterocycles. The van der Waals surface area contributed by atoms with E-state index in [1.807, 2.05) is 25.1 Å². The Bertz CT molecular complexity index is 459. The first-order valence-corrected chi connectivity index (χ1v) is 4.68. The van der Waals surface area contributed by atoms with Crippen molar-refractivity contribution in [1.29, 1.82) is 0 Å². The number of H-pyrrole nitrogens is 1. The molecule has 0 aliphatic carbocycles. The zero-order valence-corrected chi connectivity index (χ0v) is 8.36. The maximum Gasteiger partial charge on any atom is 0.345 e. The molecule has 0 saturated carbocycles. The topological polar surface area (TPSA) is 42.1 Å². The summed E-state index contributed by atoms with van der Waals surface area (Å²) in [6, 6.07) is 9.03. The van der Waals surface area contributed by atoms with Gasteiger partial charge in [0.1, 0.15) is 5.75 Å². The summed E-state index contributed by atoms with van der Waals surface area (Å²) in [6.07, 6.45) is 3.40. The maximum absolute atomic E-state index is 11.7. The summed E-state index contributed by atoms with van der Waals surface area (Å²) < 4.78 is 5.18. The number of rotatable bonds is 2. The SMILES string of the molecule is Cc1c[nH]cc1C(=O)Oc1ccccc1. The van der Waals surface area contributed by atoms with Gasteiger partial charge in [-0.05, 0) is 24.6 Å². The van der Waals surface area contributed by atoms with Gasteiger partial charge in [-0.15, -0.1) is 0 Å². The molecule has 1 aromatic carbocycles. The largest absolute Gasteiger partial charge is 0.423 e. The maximum atomic E-state index is 11.7. The van der Waals surface area contributed by atoms with Crippen LogP contribution in [0.5, 0.6) is 5.75 Å². The molecule has 0 spiro atoms. The number of ether oxygens (including phenoxy) is 1. The fraction of sp³-hybridized carbons (Fsp3) is 0.0833. The number of para-hydroxylation sites is 1. The number of carbonyl (C=O) groups excluding carboxylic acids is 1. The predicted octanol–water partition coefficient (Wildman–Crippen LogP) is 2.54. The van der Waals surface area contributed by atoms with Crippen LogP contribution in [-0.4, -0.2) is 11.0 Å². The van der Waals surface area contributed by atoms with E-state index in [0.717, 1.165) is 5.56 Å². The highest BCUT2D eigenvalue weighted by atomic mass is 16.5. The Labute approximate surface area is 87.7 Å². The van der Waals surface area contributed by atoms with Crippen molar-refractivity contribution in [2.45, 2.75) is 6.92 Å². The van der Waals surface area contributed by atoms with Gasteiger partial charge in [0.2, 0.25) is 0 Å². The summed E-state index contributed by atoms with van der Waals surface area (Å²) in [5.74, 6) is 0.225. The van der Waals surface area contributed by atoms with Crippen molar-refractivity contribution >= 4 is 5.97 Å². The second-order valence-corrected chi connectivity index (χ2v) is 3.25. The Morgan fingerprint density at radius 3 is 2.53 bits per heavy atom. The van der Waals surface area contributed by atoms with Crippen LogP contribution in [0.1, 0.15) is 15.9 Å². The molecule has 0 aliphatic heterocycles. The van der Waals surface area contributed by atoms with E-state index < -0.39 is 0 Å². The second-order valence-electron chi connectivity index (χ2n) is 3.25. The van der Waals surface area contributed by atoms with Crippen molar-refractivity contribution in [3.63, 3.8) is 0 Å². The molecule has 2 rings (SSSR count). The van der Waals surface area contributed by atoms with Gasteiger partial charge in [0.15, 0.2) is 0 Å². The molecule has 3 heteroatoms. The number of aromatic nitrogens is 1. The fourth-order valence-electron chi connectivity index (χ4n) is 1.31. The zero-order valence-electron chi connectivity index (χ0n) is 8.36. The third kappa shape index (κ3) is 2.07. The highest BCUT2D eigenvalue weighted by Crippen LogP contribution is 2.13. The van der Waals surface area contributed by atoms with E-state index in [9.17, 15) is 4.79 Å². The minimum atomic E-state index is -0.333. The number of carbonyl (C=O) groups is 1. The molecule has 15 heavy (non-hydrogen) atoms. The van der Waals surface area contributed by atoms with Gasteiger partial charge in [-0.1, -0.05) is 18.2 Å². The van der Waals surface area contributed by atoms with Crippen LogP contribution in [0.3, 0.4) is 0 Å². The number of benzene rings is 1. The first-order valence-electron chi connectivity index (χ1n) is 4.68. The summed E-state index contributed by atoms with van der Waals surface area (Å²) in [4.78, 5) is 14.5. The van der Waals surface area contributed by atoms with E-state index in [4.69, 9.17) is 4.74 Å². The van der Waals surface area contributed by atoms with Crippen LogP contribution in [-0.2, 0) is 0 Å². The van der Waals surface area contributed by atoms with Crippen LogP contribution < -0.4 is 4.74 Å². The Balaban J connectivity index is 2.15. The van der Waals surface area contributed by atoms with Gasteiger partial charge >= 0.3 is 5.97 Å². The molecular weight excluding hydrogens is 190 g/mol. The zero-order chi connectivity index (χ0) is 10.7. The van der Waals surface area contributed by atoms with Gasteiger partial charge in [-0.25, -0.2) is 4.79 Å². The molecule has 2 aromatic rings. The van der Waals surface area contributed by atoms with Crippen molar-refractivity contribution in [2.24, 2.45) is 0 Å². The molecule has 0 saturated heterocycles. The highest BCUT2D eigenvalue weighted by molar-refractivity contribution is 5.92. The number of esters is 1. The monoisotopic (exact) mass is 201 g/mol. The standard InChI is InChI=1S/C12H11NO2/c1-9-7-13-8-11(9)12(14)15-10-5-3-2-4-6-10/h2-8,13H,1H3. The van der Waals surface area contributed by atoms with Gasteiger partial charge in [0.25, 0.3) is 0 Å². The van der Waals surface area contributed by atoms with Gasteiger partial charge < -0.3 is 9.72 Å². The second kappa shape index (κ2) is 4.00. The molecule has 3 nitrogen and oxygen atoms in total. The minimum Gasteiger partial charge on any atom is -0.423 e. The number of hydrogen-bond donors (Lipinski definition) is 1. The number of hydrogen-bond acceptors (Lipinski definition) is 2. The molecule has 0 radical (unpaired) electrons. The summed E-state index contributed by atoms with van der Waals surface area (Å²) in [5, 5.41) is 0. The predicted molar refractivity (Wildman–Crippen MR) is 56.9 cm³/mol. The van der Waals surface area contributed by atoms with Crippen molar-refractivity contribution in [1.82, 2.24) is 4.98 Å². The molecule has 1 heterocycles. The smallest absolute Gasteiger partial charge is 0.345 e. The van der Waals surface area contributed by atoms with Gasteiger partial charge in [-0.3, -0.25) is 0 Å². The Morgan fingerprint density at radius 2 is 1.93 bits per heavy atom. The Morgan fingerprint density at radius 1 is 1.20 bits per heavy atom. The summed E-state index contributed by atoms with van der Waals surface area (Å²) in [5.41, 5.74) is 1.45. The molecule has 0 atom stereocenters. The van der Waals surface area contributed by atoms with E-state index in [1.54, 1.807) is 24.5 Å². The van der Waals surface area contributed by atoms with Crippen molar-refractivity contribution in [2.75, 3.05) is 0 Å². The van der Waals surface area contributed by atoms with Crippen LogP contribution in [0.15, 0.2) is 42.7 Å². The van der Waals surface area contributed by atoms with Gasteiger partial charge in [-0.2, -0.15) is 0 Å². The average Bonchev–Trinajstić information content (AvgIpc) is 2.66. The van der Waals surface area contributed by atoms with Crippen LogP contribution in [0, 0.1) is 6.92 Å². The third-order valence-electron chi connectivity index (χ3n) is 2.13. The average molecular weight is 201 g/mol. The van der Waals surface area contributed by atoms with Crippen molar-refractivity contribution < 1.29 is 9.53 Å². The lowest BCUT2D eigenvalue weighted by atomic mass is 10.2. The number of aromatic amines is 1. The summed E-state index contributed by atoms with van der Waals surface area (Å²) in [6.45, 7) is 1.86. The molecule has 76 valence electrons. The van der Waals surface area contributed by atoms with E-state index in [2.05, 4.69) is 4.98 Å². The minimum absolute atomic E-state index is 0.333. The first kappa shape index (κ1) is 9.52. The lowest BCUT2D eigenvalue weighted by Gasteiger charge is -2.02. The first-order chi connectivity index (χ1) is 7.27. The van der Waals surface area contributed by atoms with Gasteiger partial charge in [0.05, 0.1) is 5.56 Å². The van der Waals surface area contributed by atoms with Crippen LogP contribution >= 0.6 is 0 Å². The molecule has 0 unspecified atom stereocenters. The third-order valence-corrected chi connectivity index (χ3v) is 2.13. The van der Waals surface area contributed by atoms with E-state index in [1.165, 1.54) is 0 Å². The van der Waals surface area contributed by atoms with Crippen molar-refractivity contribution in [3.05, 3.63) is 53.9 Å². The summed E-state index contributed by atoms with van der Waals surface area (Å²) in [7, 11) is 0. The van der Waals surface area contributed by atoms with E-state index >= 15 is 0 Å². The fourth-order valence-corrected chi connectivity index (χ4v) is 1.31. The van der Waals surface area contributed by atoms with Crippen LogP contribution in [0.25, 0.3) is 0 Å². The molecular formula is C12H11NO2. The molecule has 0 fully saturated rings. The lowest BCUT2D eigenvalue weighted by Crippen LogP contribution is -2.08. The molecule has 0 amide bonds. The highest BCUT2D eigenvalue weighted by Gasteiger charge is 2.11. The normalized spacial score (nSPS) is 9.93. The van der Waals surface area contributed by atoms with E-state index in [-0.39, 0.29) is 5.97 Å². The summed E-state index contributed by atoms with van der Waals surface area (Å²) >= 11 is 0. The van der Waals surface area contributed by atoms with Crippen LogP contribution in [0.4, 0.5) is 0 Å². The van der Waals surface area contributed by atoms with Gasteiger partial charge in [0, 0.05) is 12.4 Å². The molecule has 1 N–H and O–H groups in total. The quantitative estimate of drug-likeness (QED) is 0.599. The number of aryl methyl sites for hydroxylation is 1. The molecule has 0 bridgehead atoms. The van der Waals surface area contributed by atoms with Crippen LogP contribution in [0.2, 0.25) is 0 Å². The van der Waals surface area contributed by atoms with Crippen molar-refractivity contribution in [3.8, 4) is 5.75 Å². The van der Waals surface area contributed by atoms with E-state index in [0.29, 0.717) is 11.3 Å². The lowest BCUT2D eigenvalue weighted by molar-refractivity contribution is 0.0734.